The van der Waals surface area contributed by atoms with Crippen molar-refractivity contribution in [2.75, 3.05) is 0 Å². The molecule has 0 radical (unpaired) electrons. The smallest absolute Gasteiger partial charge is 0.275 e. The predicted octanol–water partition coefficient (Wildman–Crippen LogP) is 2.88. The molecule has 0 aliphatic carbocycles. The highest BCUT2D eigenvalue weighted by Crippen LogP contribution is 2.16. The third-order valence-corrected chi connectivity index (χ3v) is 2.97. The summed E-state index contributed by atoms with van der Waals surface area (Å²) in [5.41, 5.74) is 1.34. The summed E-state index contributed by atoms with van der Waals surface area (Å²) in [6.07, 6.45) is 1.54. The van der Waals surface area contributed by atoms with Crippen LogP contribution in [0, 0.1) is 11.6 Å². The molecule has 21 heavy (non-hydrogen) atoms. The van der Waals surface area contributed by atoms with Gasteiger partial charge in [0.1, 0.15) is 23.2 Å². The second-order valence-electron chi connectivity index (χ2n) is 4.51. The van der Waals surface area contributed by atoms with Gasteiger partial charge in [-0.2, -0.15) is 0 Å². The molecule has 3 rings (SSSR count). The zero-order valence-electron chi connectivity index (χ0n) is 10.8. The zero-order valence-corrected chi connectivity index (χ0v) is 10.8. The van der Waals surface area contributed by atoms with E-state index in [9.17, 15) is 13.6 Å². The van der Waals surface area contributed by atoms with Gasteiger partial charge < -0.3 is 5.32 Å². The molecule has 104 valence electrons. The molecule has 0 fully saturated rings. The number of amides is 1. The van der Waals surface area contributed by atoms with E-state index in [1.807, 2.05) is 0 Å². The maximum absolute atomic E-state index is 13.2. The van der Waals surface area contributed by atoms with E-state index in [1.165, 1.54) is 24.3 Å². The van der Waals surface area contributed by atoms with Gasteiger partial charge in [-0.15, -0.1) is 0 Å². The number of nitrogens with one attached hydrogen (secondary N) is 1. The predicted molar refractivity (Wildman–Crippen MR) is 75.5 cm³/mol. The lowest BCUT2D eigenvalue weighted by Crippen LogP contribution is -2.24. The van der Waals surface area contributed by atoms with Crippen LogP contribution in [0.4, 0.5) is 8.78 Å². The van der Waals surface area contributed by atoms with Gasteiger partial charge in [-0.25, -0.2) is 13.8 Å². The fourth-order valence-electron chi connectivity index (χ4n) is 1.96. The molecule has 1 aliphatic heterocycles. The maximum atomic E-state index is 13.2. The van der Waals surface area contributed by atoms with Crippen molar-refractivity contribution in [3.63, 3.8) is 0 Å². The summed E-state index contributed by atoms with van der Waals surface area (Å²) in [5.74, 6) is -0.830. The number of halogens is 2. The van der Waals surface area contributed by atoms with Crippen molar-refractivity contribution >= 4 is 17.8 Å². The molecule has 1 aliphatic rings. The Labute approximate surface area is 119 Å². The third-order valence-electron chi connectivity index (χ3n) is 2.97. The standard InChI is InChI=1S/C16H10F2N2O/c17-12-6-4-10(5-7-12)8-14-16(21)20-15(19-14)11-2-1-3-13(18)9-11/h1-9H,(H,19,20,21)/b14-8+. The van der Waals surface area contributed by atoms with Crippen LogP contribution < -0.4 is 5.32 Å². The molecule has 1 heterocycles. The lowest BCUT2D eigenvalue weighted by molar-refractivity contribution is -0.115. The fourth-order valence-corrected chi connectivity index (χ4v) is 1.96. The zero-order chi connectivity index (χ0) is 14.8. The highest BCUT2D eigenvalue weighted by molar-refractivity contribution is 6.19. The minimum atomic E-state index is -0.402. The highest BCUT2D eigenvalue weighted by atomic mass is 19.1. The first kappa shape index (κ1) is 13.2. The van der Waals surface area contributed by atoms with Gasteiger partial charge in [0.2, 0.25) is 0 Å². The molecular weight excluding hydrogens is 274 g/mol. The van der Waals surface area contributed by atoms with Crippen molar-refractivity contribution in [2.24, 2.45) is 4.99 Å². The quantitative estimate of drug-likeness (QED) is 0.846. The van der Waals surface area contributed by atoms with E-state index in [0.29, 0.717) is 17.0 Å². The van der Waals surface area contributed by atoms with Crippen LogP contribution in [-0.2, 0) is 4.79 Å². The van der Waals surface area contributed by atoms with Crippen molar-refractivity contribution in [3.8, 4) is 0 Å². The van der Waals surface area contributed by atoms with E-state index >= 15 is 0 Å². The van der Waals surface area contributed by atoms with Crippen molar-refractivity contribution in [1.29, 1.82) is 0 Å². The molecule has 0 aromatic heterocycles. The Morgan fingerprint density at radius 3 is 2.48 bits per heavy atom. The van der Waals surface area contributed by atoms with Gasteiger partial charge in [0.05, 0.1) is 0 Å². The van der Waals surface area contributed by atoms with E-state index in [2.05, 4.69) is 10.3 Å². The number of hydrogen-bond acceptors (Lipinski definition) is 2. The van der Waals surface area contributed by atoms with Crippen molar-refractivity contribution in [3.05, 3.63) is 77.0 Å². The highest BCUT2D eigenvalue weighted by Gasteiger charge is 2.21. The third kappa shape index (κ3) is 2.86. The Kier molecular flexibility index (Phi) is 3.31. The van der Waals surface area contributed by atoms with Gasteiger partial charge in [-0.3, -0.25) is 4.79 Å². The monoisotopic (exact) mass is 284 g/mol. The second-order valence-corrected chi connectivity index (χ2v) is 4.51. The molecule has 0 unspecified atom stereocenters. The molecule has 1 amide bonds. The molecule has 0 saturated carbocycles. The number of amidine groups is 1. The van der Waals surface area contributed by atoms with Gasteiger partial charge in [0.15, 0.2) is 0 Å². The maximum Gasteiger partial charge on any atom is 0.275 e. The summed E-state index contributed by atoms with van der Waals surface area (Å²) in [4.78, 5) is 16.0. The fraction of sp³-hybridized carbons (Fsp3) is 0. The number of nitrogens with zero attached hydrogens (tertiary/aromatic N) is 1. The van der Waals surface area contributed by atoms with E-state index in [1.54, 1.807) is 30.3 Å². The number of aliphatic imine (C=N–C) groups is 1. The van der Waals surface area contributed by atoms with Crippen LogP contribution in [0.15, 0.2) is 59.2 Å². The van der Waals surface area contributed by atoms with Gasteiger partial charge in [0, 0.05) is 5.56 Å². The van der Waals surface area contributed by atoms with E-state index in [4.69, 9.17) is 0 Å². The van der Waals surface area contributed by atoms with Gasteiger partial charge in [-0.1, -0.05) is 24.3 Å². The van der Waals surface area contributed by atoms with Crippen molar-refractivity contribution in [1.82, 2.24) is 5.32 Å². The van der Waals surface area contributed by atoms with Crippen LogP contribution in [0.5, 0.6) is 0 Å². The first-order valence-corrected chi connectivity index (χ1v) is 6.25. The Morgan fingerprint density at radius 2 is 1.76 bits per heavy atom. The van der Waals surface area contributed by atoms with E-state index in [0.717, 1.165) is 0 Å². The Bertz CT molecular complexity index is 764. The number of benzene rings is 2. The Morgan fingerprint density at radius 1 is 1.00 bits per heavy atom. The molecule has 0 bridgehead atoms. The topological polar surface area (TPSA) is 41.5 Å². The van der Waals surface area contributed by atoms with Crippen LogP contribution in [0.25, 0.3) is 6.08 Å². The van der Waals surface area contributed by atoms with Crippen LogP contribution in [-0.4, -0.2) is 11.7 Å². The summed E-state index contributed by atoms with van der Waals surface area (Å²) < 4.78 is 26.0. The molecule has 0 spiro atoms. The van der Waals surface area contributed by atoms with Crippen molar-refractivity contribution < 1.29 is 13.6 Å². The molecule has 1 N–H and O–H groups in total. The molecule has 5 heteroatoms. The van der Waals surface area contributed by atoms with Crippen LogP contribution in [0.1, 0.15) is 11.1 Å². The van der Waals surface area contributed by atoms with Crippen LogP contribution in [0.2, 0.25) is 0 Å². The Balaban J connectivity index is 1.93. The molecule has 2 aromatic carbocycles. The number of rotatable bonds is 2. The summed E-state index contributed by atoms with van der Waals surface area (Å²) in [6, 6.07) is 11.5. The molecule has 2 aromatic rings. The summed E-state index contributed by atoms with van der Waals surface area (Å²) in [6.45, 7) is 0. The molecule has 0 saturated heterocycles. The summed E-state index contributed by atoms with van der Waals surface area (Å²) in [5, 5.41) is 2.58. The summed E-state index contributed by atoms with van der Waals surface area (Å²) >= 11 is 0. The first-order chi connectivity index (χ1) is 10.1. The normalized spacial score (nSPS) is 16.0. The molecule has 0 atom stereocenters. The van der Waals surface area contributed by atoms with Gasteiger partial charge in [0.25, 0.3) is 5.91 Å². The Hall–Kier alpha value is -2.82. The SMILES string of the molecule is O=C1NC(c2cccc(F)c2)=N/C1=C/c1ccc(F)cc1. The van der Waals surface area contributed by atoms with Gasteiger partial charge >= 0.3 is 0 Å². The van der Waals surface area contributed by atoms with Crippen LogP contribution >= 0.6 is 0 Å². The lowest BCUT2D eigenvalue weighted by atomic mass is 10.2. The lowest BCUT2D eigenvalue weighted by Gasteiger charge is -1.99. The van der Waals surface area contributed by atoms with Crippen LogP contribution in [0.3, 0.4) is 0 Å². The average Bonchev–Trinajstić information content (AvgIpc) is 2.83. The second kappa shape index (κ2) is 5.28. The summed E-state index contributed by atoms with van der Waals surface area (Å²) in [7, 11) is 0. The minimum Gasteiger partial charge on any atom is -0.305 e. The first-order valence-electron chi connectivity index (χ1n) is 6.25. The molecular formula is C16H10F2N2O. The van der Waals surface area contributed by atoms with Crippen molar-refractivity contribution in [2.45, 2.75) is 0 Å². The largest absolute Gasteiger partial charge is 0.305 e. The van der Waals surface area contributed by atoms with E-state index in [-0.39, 0.29) is 17.4 Å². The number of carbonyl (C=O) groups is 1. The number of hydrogen-bond donors (Lipinski definition) is 1. The molecule has 3 nitrogen and oxygen atoms in total. The van der Waals surface area contributed by atoms with E-state index < -0.39 is 5.82 Å². The minimum absolute atomic E-state index is 0.195. The number of carbonyl (C=O) groups excluding carboxylic acids is 1. The van der Waals surface area contributed by atoms with Gasteiger partial charge in [-0.05, 0) is 35.9 Å². The average molecular weight is 284 g/mol.